The van der Waals surface area contributed by atoms with E-state index in [1.54, 1.807) is 0 Å². The van der Waals surface area contributed by atoms with Crippen molar-refractivity contribution in [2.45, 2.75) is 12.4 Å². The highest BCUT2D eigenvalue weighted by Crippen LogP contribution is 2.35. The lowest BCUT2D eigenvalue weighted by atomic mass is 10.1. The summed E-state index contributed by atoms with van der Waals surface area (Å²) in [5, 5.41) is 0. The highest BCUT2D eigenvalue weighted by Gasteiger charge is 2.32. The normalized spacial score (nSPS) is 12.3. The van der Waals surface area contributed by atoms with Crippen molar-refractivity contribution in [1.29, 1.82) is 0 Å². The first kappa shape index (κ1) is 16.2. The van der Waals surface area contributed by atoms with Crippen LogP contribution in [0, 0.1) is 0 Å². The van der Waals surface area contributed by atoms with Crippen LogP contribution >= 0.6 is 0 Å². The number of halogens is 6. The first-order valence-corrected chi connectivity index (χ1v) is 6.17. The minimum absolute atomic E-state index is 0.147. The predicted molar refractivity (Wildman–Crippen MR) is 71.0 cm³/mol. The molecule has 2 aromatic rings. The summed E-state index contributed by atoms with van der Waals surface area (Å²) >= 11 is 0. The Labute approximate surface area is 122 Å². The smallest absolute Gasteiger partial charge is 0.345 e. The van der Waals surface area contributed by atoms with Crippen LogP contribution in [0.3, 0.4) is 0 Å². The van der Waals surface area contributed by atoms with Crippen molar-refractivity contribution < 1.29 is 26.3 Å². The topological polar surface area (TPSA) is 3.24 Å². The predicted octanol–water partition coefficient (Wildman–Crippen LogP) is 5.49. The Bertz CT molecular complexity index is 602. The zero-order valence-corrected chi connectivity index (χ0v) is 11.3. The second-order valence-corrected chi connectivity index (χ2v) is 4.66. The molecule has 0 aliphatic carbocycles. The molecule has 0 aliphatic heterocycles. The molecule has 0 heterocycles. The molecule has 118 valence electrons. The van der Waals surface area contributed by atoms with Gasteiger partial charge in [0.2, 0.25) is 0 Å². The molecule has 0 atom stereocenters. The summed E-state index contributed by atoms with van der Waals surface area (Å²) < 4.78 is 76.1. The Morgan fingerprint density at radius 1 is 0.682 bits per heavy atom. The maximum Gasteiger partial charge on any atom is 0.416 e. The monoisotopic (exact) mass is 319 g/mol. The molecule has 0 unspecified atom stereocenters. The summed E-state index contributed by atoms with van der Waals surface area (Å²) in [7, 11) is 1.41. The van der Waals surface area contributed by atoms with Crippen LogP contribution in [0.4, 0.5) is 37.7 Å². The first-order valence-electron chi connectivity index (χ1n) is 6.17. The van der Waals surface area contributed by atoms with Crippen molar-refractivity contribution in [1.82, 2.24) is 0 Å². The van der Waals surface area contributed by atoms with E-state index in [1.165, 1.54) is 36.2 Å². The molecule has 0 radical (unpaired) electrons. The van der Waals surface area contributed by atoms with Gasteiger partial charge in [-0.15, -0.1) is 0 Å². The molecule has 7 heteroatoms. The van der Waals surface area contributed by atoms with E-state index < -0.39 is 23.5 Å². The Balaban J connectivity index is 2.38. The van der Waals surface area contributed by atoms with Gasteiger partial charge in [0.1, 0.15) is 0 Å². The third kappa shape index (κ3) is 3.52. The Morgan fingerprint density at radius 2 is 1.05 bits per heavy atom. The Morgan fingerprint density at radius 3 is 1.36 bits per heavy atom. The summed E-state index contributed by atoms with van der Waals surface area (Å²) in [6.07, 6.45) is -9.02. The van der Waals surface area contributed by atoms with E-state index in [1.807, 2.05) is 0 Å². The molecular formula is C15H11F6N. The second kappa shape index (κ2) is 5.55. The quantitative estimate of drug-likeness (QED) is 0.661. The lowest BCUT2D eigenvalue weighted by molar-refractivity contribution is -0.138. The van der Waals surface area contributed by atoms with Crippen LogP contribution in [0.25, 0.3) is 0 Å². The molecular weight excluding hydrogens is 308 g/mol. The number of hydrogen-bond donors (Lipinski definition) is 0. The average molecular weight is 319 g/mol. The molecule has 1 nitrogen and oxygen atoms in total. The zero-order chi connectivity index (χ0) is 16.5. The number of rotatable bonds is 2. The van der Waals surface area contributed by atoms with Gasteiger partial charge in [-0.1, -0.05) is 12.1 Å². The van der Waals surface area contributed by atoms with Crippen LogP contribution in [0.1, 0.15) is 11.1 Å². The van der Waals surface area contributed by atoms with Gasteiger partial charge in [0, 0.05) is 18.4 Å². The lowest BCUT2D eigenvalue weighted by Crippen LogP contribution is -2.13. The Kier molecular flexibility index (Phi) is 4.08. The van der Waals surface area contributed by atoms with Gasteiger partial charge in [-0.25, -0.2) is 0 Å². The second-order valence-electron chi connectivity index (χ2n) is 4.66. The molecule has 2 rings (SSSR count). The third-order valence-corrected chi connectivity index (χ3v) is 3.12. The molecule has 22 heavy (non-hydrogen) atoms. The van der Waals surface area contributed by atoms with E-state index in [2.05, 4.69) is 0 Å². The minimum Gasteiger partial charge on any atom is -0.345 e. The van der Waals surface area contributed by atoms with Gasteiger partial charge in [-0.2, -0.15) is 26.3 Å². The van der Waals surface area contributed by atoms with Crippen LogP contribution in [0.5, 0.6) is 0 Å². The molecule has 0 bridgehead atoms. The largest absolute Gasteiger partial charge is 0.416 e. The fraction of sp³-hybridized carbons (Fsp3) is 0.200. The zero-order valence-electron chi connectivity index (χ0n) is 11.3. The van der Waals surface area contributed by atoms with Crippen molar-refractivity contribution in [3.05, 3.63) is 59.7 Å². The fourth-order valence-electron chi connectivity index (χ4n) is 1.93. The molecule has 0 aliphatic rings. The maximum atomic E-state index is 12.7. The van der Waals surface area contributed by atoms with Gasteiger partial charge >= 0.3 is 12.4 Å². The standard InChI is InChI=1S/C15H11F6N/c1-22(12-6-2-4-10(8-12)14(16,17)18)13-7-3-5-11(9-13)15(19,20)21/h2-9H,1H3. The van der Waals surface area contributed by atoms with Gasteiger partial charge in [0.25, 0.3) is 0 Å². The van der Waals surface area contributed by atoms with Crippen LogP contribution in [-0.2, 0) is 12.4 Å². The van der Waals surface area contributed by atoms with Crippen molar-refractivity contribution in [2.24, 2.45) is 0 Å². The molecule has 0 saturated carbocycles. The van der Waals surface area contributed by atoms with Gasteiger partial charge in [-0.05, 0) is 36.4 Å². The first-order chi connectivity index (χ1) is 10.1. The Hall–Kier alpha value is -2.18. The summed E-state index contributed by atoms with van der Waals surface area (Å²) in [4.78, 5) is 1.27. The molecule has 0 saturated heterocycles. The summed E-state index contributed by atoms with van der Waals surface area (Å²) in [6.45, 7) is 0. The van der Waals surface area contributed by atoms with Crippen molar-refractivity contribution in [3.8, 4) is 0 Å². The highest BCUT2D eigenvalue weighted by atomic mass is 19.4. The molecule has 0 spiro atoms. The molecule has 0 N–H and O–H groups in total. The van der Waals surface area contributed by atoms with Crippen LogP contribution < -0.4 is 4.90 Å². The molecule has 2 aromatic carbocycles. The van der Waals surface area contributed by atoms with Gasteiger partial charge in [0.15, 0.2) is 0 Å². The van der Waals surface area contributed by atoms with Gasteiger partial charge < -0.3 is 4.90 Å². The summed E-state index contributed by atoms with van der Waals surface area (Å²) in [5.41, 5.74) is -1.42. The number of hydrogen-bond acceptors (Lipinski definition) is 1. The minimum atomic E-state index is -4.51. The van der Waals surface area contributed by atoms with Crippen LogP contribution in [0.2, 0.25) is 0 Å². The van der Waals surface area contributed by atoms with E-state index >= 15 is 0 Å². The van der Waals surface area contributed by atoms with E-state index in [4.69, 9.17) is 0 Å². The number of alkyl halides is 6. The van der Waals surface area contributed by atoms with E-state index in [0.29, 0.717) is 0 Å². The molecule has 0 amide bonds. The lowest BCUT2D eigenvalue weighted by Gasteiger charge is -2.21. The third-order valence-electron chi connectivity index (χ3n) is 3.12. The summed E-state index contributed by atoms with van der Waals surface area (Å²) in [6, 6.07) is 8.81. The van der Waals surface area contributed by atoms with E-state index in [9.17, 15) is 26.3 Å². The van der Waals surface area contributed by atoms with Crippen molar-refractivity contribution in [3.63, 3.8) is 0 Å². The number of nitrogens with zero attached hydrogens (tertiary/aromatic N) is 1. The number of benzene rings is 2. The van der Waals surface area contributed by atoms with E-state index in [0.717, 1.165) is 24.3 Å². The SMILES string of the molecule is CN(c1cccc(C(F)(F)F)c1)c1cccc(C(F)(F)F)c1. The van der Waals surface area contributed by atoms with Crippen molar-refractivity contribution in [2.75, 3.05) is 11.9 Å². The van der Waals surface area contributed by atoms with Crippen molar-refractivity contribution >= 4 is 11.4 Å². The molecule has 0 fully saturated rings. The molecule has 0 aromatic heterocycles. The van der Waals surface area contributed by atoms with Gasteiger partial charge in [-0.3, -0.25) is 0 Å². The number of anilines is 2. The van der Waals surface area contributed by atoms with Crippen LogP contribution in [-0.4, -0.2) is 7.05 Å². The summed E-state index contributed by atoms with van der Waals surface area (Å²) in [5.74, 6) is 0. The average Bonchev–Trinajstić information content (AvgIpc) is 2.45. The maximum absolute atomic E-state index is 12.7. The fourth-order valence-corrected chi connectivity index (χ4v) is 1.93. The van der Waals surface area contributed by atoms with Gasteiger partial charge in [0.05, 0.1) is 11.1 Å². The highest BCUT2D eigenvalue weighted by molar-refractivity contribution is 5.64. The van der Waals surface area contributed by atoms with E-state index in [-0.39, 0.29) is 11.4 Å². The van der Waals surface area contributed by atoms with Crippen LogP contribution in [0.15, 0.2) is 48.5 Å².